The van der Waals surface area contributed by atoms with Gasteiger partial charge in [0.1, 0.15) is 6.04 Å². The second-order valence-electron chi connectivity index (χ2n) is 9.53. The first kappa shape index (κ1) is 23.2. The lowest BCUT2D eigenvalue weighted by Crippen LogP contribution is -2.56. The molecule has 0 spiro atoms. The van der Waals surface area contributed by atoms with Gasteiger partial charge >= 0.3 is 0 Å². The number of carbonyl (C=O) groups is 3. The minimum Gasteiger partial charge on any atom is -0.345 e. The summed E-state index contributed by atoms with van der Waals surface area (Å²) in [6.45, 7) is 3.54. The fourth-order valence-corrected chi connectivity index (χ4v) is 5.46. The number of rotatable bonds is 6. The summed E-state index contributed by atoms with van der Waals surface area (Å²) in [5.74, 6) is -0.236. The Bertz CT molecular complexity index is 989. The van der Waals surface area contributed by atoms with E-state index in [0.717, 1.165) is 12.0 Å². The van der Waals surface area contributed by atoms with Crippen molar-refractivity contribution in [1.82, 2.24) is 19.6 Å². The third-order valence-corrected chi connectivity index (χ3v) is 7.19. The number of nitrogens with zero attached hydrogens (tertiary/aromatic N) is 5. The minimum atomic E-state index is -0.745. The highest BCUT2D eigenvalue weighted by Crippen LogP contribution is 2.38. The van der Waals surface area contributed by atoms with Gasteiger partial charge in [-0.15, -0.1) is 0 Å². The predicted molar refractivity (Wildman–Crippen MR) is 122 cm³/mol. The monoisotopic (exact) mass is 452 g/mol. The number of benzene rings is 1. The molecule has 0 aromatic heterocycles. The van der Waals surface area contributed by atoms with E-state index in [0.29, 0.717) is 38.0 Å². The van der Waals surface area contributed by atoms with E-state index in [1.807, 2.05) is 34.9 Å². The van der Waals surface area contributed by atoms with Crippen molar-refractivity contribution in [3.05, 3.63) is 35.4 Å². The van der Waals surface area contributed by atoms with Gasteiger partial charge in [0.25, 0.3) is 5.91 Å². The zero-order valence-electron chi connectivity index (χ0n) is 19.5. The number of fused-ring (bicyclic) bond motifs is 2. The molecule has 2 bridgehead atoms. The summed E-state index contributed by atoms with van der Waals surface area (Å²) in [6, 6.07) is 8.10. The van der Waals surface area contributed by atoms with Gasteiger partial charge in [-0.25, -0.2) is 0 Å². The SMILES string of the molecule is C[C@@H](c1cccc(C(=O)N(C)C)c1)N1C(=O)[C@H]2C[C@@H]1CN2C[C@H](N)C(=O)N1CCC[C@H]1C#N. The molecule has 0 unspecified atom stereocenters. The Hall–Kier alpha value is -2.96. The van der Waals surface area contributed by atoms with Gasteiger partial charge in [-0.2, -0.15) is 5.26 Å². The zero-order valence-corrected chi connectivity index (χ0v) is 19.5. The van der Waals surface area contributed by atoms with Crippen molar-refractivity contribution < 1.29 is 14.4 Å². The third kappa shape index (κ3) is 4.21. The lowest BCUT2D eigenvalue weighted by Gasteiger charge is -2.38. The molecule has 0 radical (unpaired) electrons. The number of hydrogen-bond donors (Lipinski definition) is 1. The average molecular weight is 453 g/mol. The summed E-state index contributed by atoms with van der Waals surface area (Å²) in [4.78, 5) is 45.4. The van der Waals surface area contributed by atoms with Crippen LogP contribution in [0.2, 0.25) is 0 Å². The molecule has 3 saturated heterocycles. The van der Waals surface area contributed by atoms with Crippen LogP contribution in [0.15, 0.2) is 24.3 Å². The Balaban J connectivity index is 1.41. The first-order valence-corrected chi connectivity index (χ1v) is 11.6. The summed E-state index contributed by atoms with van der Waals surface area (Å²) < 4.78 is 0. The van der Waals surface area contributed by atoms with Gasteiger partial charge < -0.3 is 20.4 Å². The first-order valence-electron chi connectivity index (χ1n) is 11.6. The van der Waals surface area contributed by atoms with Crippen LogP contribution in [0.25, 0.3) is 0 Å². The smallest absolute Gasteiger partial charge is 0.253 e. The minimum absolute atomic E-state index is 0.0406. The molecule has 3 fully saturated rings. The van der Waals surface area contributed by atoms with Gasteiger partial charge in [0.05, 0.1) is 24.2 Å². The molecule has 4 rings (SSSR count). The number of amides is 3. The van der Waals surface area contributed by atoms with Gasteiger partial charge in [0.2, 0.25) is 11.8 Å². The molecule has 176 valence electrons. The van der Waals surface area contributed by atoms with Gasteiger partial charge in [-0.3, -0.25) is 19.3 Å². The van der Waals surface area contributed by atoms with Crippen LogP contribution in [0.4, 0.5) is 0 Å². The molecular weight excluding hydrogens is 420 g/mol. The average Bonchev–Trinajstić information content (AvgIpc) is 3.52. The van der Waals surface area contributed by atoms with Crippen molar-refractivity contribution in [2.24, 2.45) is 5.73 Å². The van der Waals surface area contributed by atoms with Crippen molar-refractivity contribution >= 4 is 17.7 Å². The molecule has 1 aromatic rings. The van der Waals surface area contributed by atoms with Crippen LogP contribution >= 0.6 is 0 Å². The summed E-state index contributed by atoms with van der Waals surface area (Å²) in [6.07, 6.45) is 2.22. The molecule has 3 amide bonds. The van der Waals surface area contributed by atoms with E-state index in [9.17, 15) is 19.6 Å². The molecule has 3 aliphatic rings. The van der Waals surface area contributed by atoms with Crippen LogP contribution in [-0.4, -0.2) is 95.2 Å². The number of nitriles is 1. The first-order chi connectivity index (χ1) is 15.7. The molecule has 3 heterocycles. The molecule has 9 heteroatoms. The topological polar surface area (TPSA) is 114 Å². The highest BCUT2D eigenvalue weighted by atomic mass is 16.2. The number of piperazine rings is 1. The lowest BCUT2D eigenvalue weighted by atomic mass is 10.0. The summed E-state index contributed by atoms with van der Waals surface area (Å²) in [5, 5.41) is 9.26. The van der Waals surface area contributed by atoms with Gasteiger partial charge in [-0.1, -0.05) is 12.1 Å². The summed E-state index contributed by atoms with van der Waals surface area (Å²) in [7, 11) is 3.44. The zero-order chi connectivity index (χ0) is 23.9. The molecule has 9 nitrogen and oxygen atoms in total. The maximum absolute atomic E-state index is 13.3. The van der Waals surface area contributed by atoms with Crippen LogP contribution in [0.5, 0.6) is 0 Å². The van der Waals surface area contributed by atoms with Crippen molar-refractivity contribution in [3.8, 4) is 6.07 Å². The molecule has 1 aromatic carbocycles. The lowest BCUT2D eigenvalue weighted by molar-refractivity contribution is -0.140. The third-order valence-electron chi connectivity index (χ3n) is 7.19. The van der Waals surface area contributed by atoms with E-state index in [-0.39, 0.29) is 35.8 Å². The molecule has 2 N–H and O–H groups in total. The van der Waals surface area contributed by atoms with Gasteiger partial charge in [-0.05, 0) is 43.9 Å². The molecule has 0 aliphatic carbocycles. The second-order valence-corrected chi connectivity index (χ2v) is 9.53. The Kier molecular flexibility index (Phi) is 6.41. The maximum atomic E-state index is 13.3. The van der Waals surface area contributed by atoms with E-state index in [1.54, 1.807) is 25.1 Å². The van der Waals surface area contributed by atoms with Crippen LogP contribution < -0.4 is 5.73 Å². The van der Waals surface area contributed by atoms with Crippen molar-refractivity contribution in [1.29, 1.82) is 5.26 Å². The number of carbonyl (C=O) groups excluding carboxylic acids is 3. The highest BCUT2D eigenvalue weighted by Gasteiger charge is 2.51. The van der Waals surface area contributed by atoms with E-state index in [2.05, 4.69) is 6.07 Å². The normalized spacial score (nSPS) is 26.4. The Morgan fingerprint density at radius 2 is 2.09 bits per heavy atom. The fraction of sp³-hybridized carbons (Fsp3) is 0.583. The summed E-state index contributed by atoms with van der Waals surface area (Å²) in [5.41, 5.74) is 7.75. The number of hydrogen-bond acceptors (Lipinski definition) is 6. The van der Waals surface area contributed by atoms with Crippen LogP contribution in [0.1, 0.15) is 48.1 Å². The molecule has 3 aliphatic heterocycles. The highest BCUT2D eigenvalue weighted by molar-refractivity contribution is 5.94. The van der Waals surface area contributed by atoms with Crippen molar-refractivity contribution in [2.45, 2.75) is 56.4 Å². The van der Waals surface area contributed by atoms with E-state index < -0.39 is 12.1 Å². The van der Waals surface area contributed by atoms with Crippen molar-refractivity contribution in [2.75, 3.05) is 33.7 Å². The van der Waals surface area contributed by atoms with Crippen LogP contribution in [0.3, 0.4) is 0 Å². The molecule has 5 atom stereocenters. The summed E-state index contributed by atoms with van der Waals surface area (Å²) >= 11 is 0. The van der Waals surface area contributed by atoms with E-state index >= 15 is 0 Å². The van der Waals surface area contributed by atoms with E-state index in [1.165, 1.54) is 4.90 Å². The maximum Gasteiger partial charge on any atom is 0.253 e. The predicted octanol–water partition coefficient (Wildman–Crippen LogP) is 0.576. The Labute approximate surface area is 194 Å². The fourth-order valence-electron chi connectivity index (χ4n) is 5.46. The standard InChI is InChI=1S/C24H32N6O3/c1-15(16-6-4-7-17(10-16)22(31)27(2)3)30-19-11-21(24(30)33)28(13-19)14-20(26)23(32)29-9-5-8-18(29)12-25/h4,6-7,10,15,18-21H,5,8-9,11,13-14,26H2,1-3H3/t15-,18-,19+,20-,21+/m0/s1. The second kappa shape index (κ2) is 9.12. The number of likely N-dealkylation sites (tertiary alicyclic amines) is 3. The quantitative estimate of drug-likeness (QED) is 0.675. The van der Waals surface area contributed by atoms with Crippen LogP contribution in [0, 0.1) is 11.3 Å². The largest absolute Gasteiger partial charge is 0.345 e. The van der Waals surface area contributed by atoms with Gasteiger partial charge in [0.15, 0.2) is 0 Å². The molecular formula is C24H32N6O3. The van der Waals surface area contributed by atoms with Gasteiger partial charge in [0, 0.05) is 45.3 Å². The molecule has 33 heavy (non-hydrogen) atoms. The van der Waals surface area contributed by atoms with Crippen LogP contribution in [-0.2, 0) is 9.59 Å². The Morgan fingerprint density at radius 1 is 1.33 bits per heavy atom. The molecule has 0 saturated carbocycles. The number of nitrogens with two attached hydrogens (primary N) is 1. The van der Waals surface area contributed by atoms with E-state index in [4.69, 9.17) is 5.73 Å². The Morgan fingerprint density at radius 3 is 2.76 bits per heavy atom. The van der Waals surface area contributed by atoms with Crippen molar-refractivity contribution in [3.63, 3.8) is 0 Å².